The molecule has 1 aromatic rings. The molecule has 1 aromatic carbocycles. The summed E-state index contributed by atoms with van der Waals surface area (Å²) in [5, 5.41) is 3.26. The molecule has 1 aliphatic heterocycles. The van der Waals surface area contributed by atoms with Crippen molar-refractivity contribution in [1.29, 1.82) is 0 Å². The lowest BCUT2D eigenvalue weighted by Gasteiger charge is -2.25. The Labute approximate surface area is 114 Å². The highest BCUT2D eigenvalue weighted by molar-refractivity contribution is 5.53. The fourth-order valence-electron chi connectivity index (χ4n) is 2.52. The van der Waals surface area contributed by atoms with Crippen molar-refractivity contribution >= 4 is 5.69 Å². The van der Waals surface area contributed by atoms with E-state index in [0.29, 0.717) is 12.6 Å². The van der Waals surface area contributed by atoms with Gasteiger partial charge in [0.1, 0.15) is 5.82 Å². The molecule has 1 atom stereocenters. The predicted octanol–water partition coefficient (Wildman–Crippen LogP) is 2.55. The highest BCUT2D eigenvalue weighted by Crippen LogP contribution is 2.23. The molecule has 1 unspecified atom stereocenters. The van der Waals surface area contributed by atoms with Crippen LogP contribution in [0.15, 0.2) is 18.2 Å². The third-order valence-corrected chi connectivity index (χ3v) is 3.52. The molecule has 19 heavy (non-hydrogen) atoms. The minimum Gasteiger partial charge on any atom is -0.376 e. The molecule has 3 nitrogen and oxygen atoms in total. The number of rotatable bonds is 6. The van der Waals surface area contributed by atoms with Gasteiger partial charge < -0.3 is 15.0 Å². The maximum absolute atomic E-state index is 13.4. The zero-order valence-corrected chi connectivity index (χ0v) is 11.8. The van der Waals surface area contributed by atoms with Crippen molar-refractivity contribution < 1.29 is 9.13 Å². The van der Waals surface area contributed by atoms with Crippen LogP contribution in [0.1, 0.15) is 25.3 Å². The van der Waals surface area contributed by atoms with Gasteiger partial charge in [0.05, 0.1) is 6.10 Å². The summed E-state index contributed by atoms with van der Waals surface area (Å²) in [4.78, 5) is 2.17. The smallest absolute Gasteiger partial charge is 0.123 e. The van der Waals surface area contributed by atoms with Crippen LogP contribution in [0, 0.1) is 5.82 Å². The molecule has 0 saturated carbocycles. The van der Waals surface area contributed by atoms with Crippen LogP contribution in [-0.4, -0.2) is 32.8 Å². The van der Waals surface area contributed by atoms with Gasteiger partial charge in [-0.25, -0.2) is 4.39 Å². The minimum absolute atomic E-state index is 0.179. The quantitative estimate of drug-likeness (QED) is 0.856. The van der Waals surface area contributed by atoms with Gasteiger partial charge in [0.15, 0.2) is 0 Å². The molecular formula is C15H23FN2O. The SMILES string of the molecule is CCNCc1cc(F)ccc1N(C)CC1CCCO1. The summed E-state index contributed by atoms with van der Waals surface area (Å²) >= 11 is 0. The molecule has 4 heteroatoms. The van der Waals surface area contributed by atoms with Crippen molar-refractivity contribution in [1.82, 2.24) is 5.32 Å². The molecule has 1 aliphatic rings. The van der Waals surface area contributed by atoms with Crippen LogP contribution >= 0.6 is 0 Å². The normalized spacial score (nSPS) is 18.8. The molecular weight excluding hydrogens is 243 g/mol. The van der Waals surface area contributed by atoms with Crippen LogP contribution in [0.25, 0.3) is 0 Å². The fraction of sp³-hybridized carbons (Fsp3) is 0.600. The van der Waals surface area contributed by atoms with Crippen molar-refractivity contribution in [3.8, 4) is 0 Å². The van der Waals surface area contributed by atoms with E-state index in [1.807, 2.05) is 13.1 Å². The van der Waals surface area contributed by atoms with Gasteiger partial charge in [-0.1, -0.05) is 6.92 Å². The highest BCUT2D eigenvalue weighted by atomic mass is 19.1. The second-order valence-electron chi connectivity index (χ2n) is 5.07. The summed E-state index contributed by atoms with van der Waals surface area (Å²) in [6, 6.07) is 5.00. The summed E-state index contributed by atoms with van der Waals surface area (Å²) in [6.07, 6.45) is 2.57. The first-order valence-corrected chi connectivity index (χ1v) is 7.02. The number of benzene rings is 1. The first-order chi connectivity index (χ1) is 9.20. The molecule has 1 N–H and O–H groups in total. The van der Waals surface area contributed by atoms with E-state index >= 15 is 0 Å². The van der Waals surface area contributed by atoms with Crippen LogP contribution in [0.4, 0.5) is 10.1 Å². The summed E-state index contributed by atoms with van der Waals surface area (Å²) < 4.78 is 19.0. The van der Waals surface area contributed by atoms with Crippen LogP contribution in [0.5, 0.6) is 0 Å². The molecule has 0 amide bonds. The molecule has 106 valence electrons. The van der Waals surface area contributed by atoms with Gasteiger partial charge in [0.25, 0.3) is 0 Å². The molecule has 1 saturated heterocycles. The zero-order chi connectivity index (χ0) is 13.7. The largest absolute Gasteiger partial charge is 0.376 e. The number of nitrogens with zero attached hydrogens (tertiary/aromatic N) is 1. The Bertz CT molecular complexity index is 405. The average molecular weight is 266 g/mol. The van der Waals surface area contributed by atoms with Crippen molar-refractivity contribution in [2.75, 3.05) is 31.6 Å². The second kappa shape index (κ2) is 6.87. The number of halogens is 1. The number of nitrogens with one attached hydrogen (secondary N) is 1. The molecule has 1 fully saturated rings. The lowest BCUT2D eigenvalue weighted by Crippen LogP contribution is -2.29. The lowest BCUT2D eigenvalue weighted by atomic mass is 10.1. The van der Waals surface area contributed by atoms with Gasteiger partial charge in [0.2, 0.25) is 0 Å². The molecule has 0 spiro atoms. The molecule has 0 aromatic heterocycles. The van der Waals surface area contributed by atoms with E-state index < -0.39 is 0 Å². The van der Waals surface area contributed by atoms with Crippen LogP contribution in [0.2, 0.25) is 0 Å². The van der Waals surface area contributed by atoms with Crippen LogP contribution in [-0.2, 0) is 11.3 Å². The first-order valence-electron chi connectivity index (χ1n) is 7.02. The zero-order valence-electron chi connectivity index (χ0n) is 11.8. The Morgan fingerprint density at radius 2 is 2.32 bits per heavy atom. The van der Waals surface area contributed by atoms with Crippen LogP contribution in [0.3, 0.4) is 0 Å². The minimum atomic E-state index is -0.179. The van der Waals surface area contributed by atoms with Gasteiger partial charge in [0, 0.05) is 32.4 Å². The highest BCUT2D eigenvalue weighted by Gasteiger charge is 2.18. The summed E-state index contributed by atoms with van der Waals surface area (Å²) in [5.41, 5.74) is 2.08. The molecule has 0 radical (unpaired) electrons. The van der Waals surface area contributed by atoms with Gasteiger partial charge >= 0.3 is 0 Å². The van der Waals surface area contributed by atoms with E-state index in [1.54, 1.807) is 6.07 Å². The summed E-state index contributed by atoms with van der Waals surface area (Å²) in [5.74, 6) is -0.179. The Morgan fingerprint density at radius 1 is 1.47 bits per heavy atom. The number of hydrogen-bond donors (Lipinski definition) is 1. The maximum Gasteiger partial charge on any atom is 0.123 e. The Balaban J connectivity index is 2.07. The van der Waals surface area contributed by atoms with Crippen LogP contribution < -0.4 is 10.2 Å². The Morgan fingerprint density at radius 3 is 3.00 bits per heavy atom. The van der Waals surface area contributed by atoms with Crippen molar-refractivity contribution in [2.24, 2.45) is 0 Å². The molecule has 2 rings (SSSR count). The second-order valence-corrected chi connectivity index (χ2v) is 5.07. The predicted molar refractivity (Wildman–Crippen MR) is 76.0 cm³/mol. The Hall–Kier alpha value is -1.13. The third kappa shape index (κ3) is 3.91. The number of ether oxygens (including phenoxy) is 1. The van der Waals surface area contributed by atoms with E-state index in [4.69, 9.17) is 4.74 Å². The van der Waals surface area contributed by atoms with Gasteiger partial charge in [-0.15, -0.1) is 0 Å². The van der Waals surface area contributed by atoms with Crippen molar-refractivity contribution in [3.63, 3.8) is 0 Å². The lowest BCUT2D eigenvalue weighted by molar-refractivity contribution is 0.116. The molecule has 0 bridgehead atoms. The molecule has 1 heterocycles. The monoisotopic (exact) mass is 266 g/mol. The number of hydrogen-bond acceptors (Lipinski definition) is 3. The van der Waals surface area contributed by atoms with E-state index in [9.17, 15) is 4.39 Å². The van der Waals surface area contributed by atoms with Crippen molar-refractivity contribution in [3.05, 3.63) is 29.6 Å². The number of anilines is 1. The first kappa shape index (κ1) is 14.3. The average Bonchev–Trinajstić information content (AvgIpc) is 2.89. The number of likely N-dealkylation sites (N-methyl/N-ethyl adjacent to an activating group) is 1. The van der Waals surface area contributed by atoms with E-state index in [1.165, 1.54) is 6.07 Å². The standard InChI is InChI=1S/C15H23FN2O/c1-3-17-10-12-9-13(16)6-7-15(12)18(2)11-14-5-4-8-19-14/h6-7,9,14,17H,3-5,8,10-11H2,1-2H3. The van der Waals surface area contributed by atoms with Gasteiger partial charge in [-0.3, -0.25) is 0 Å². The third-order valence-electron chi connectivity index (χ3n) is 3.52. The molecule has 0 aliphatic carbocycles. The van der Waals surface area contributed by atoms with E-state index in [-0.39, 0.29) is 5.82 Å². The Kier molecular flexibility index (Phi) is 5.16. The van der Waals surface area contributed by atoms with Gasteiger partial charge in [-0.2, -0.15) is 0 Å². The summed E-state index contributed by atoms with van der Waals surface area (Å²) in [6.45, 7) is 5.36. The topological polar surface area (TPSA) is 24.5 Å². The summed E-state index contributed by atoms with van der Waals surface area (Å²) in [7, 11) is 2.05. The van der Waals surface area contributed by atoms with Crippen molar-refractivity contribution in [2.45, 2.75) is 32.4 Å². The fourth-order valence-corrected chi connectivity index (χ4v) is 2.52. The maximum atomic E-state index is 13.4. The van der Waals surface area contributed by atoms with Gasteiger partial charge in [-0.05, 0) is 43.1 Å². The van der Waals surface area contributed by atoms with E-state index in [0.717, 1.165) is 43.8 Å². The van der Waals surface area contributed by atoms with E-state index in [2.05, 4.69) is 17.1 Å².